The molecule has 0 aliphatic rings. The highest BCUT2D eigenvalue weighted by Crippen LogP contribution is 2.27. The molecular formula is C9H9Cl2N3O. The fourth-order valence-corrected chi connectivity index (χ4v) is 1.69. The lowest BCUT2D eigenvalue weighted by molar-refractivity contribution is 0.170. The molecule has 4 nitrogen and oxygen atoms in total. The number of rotatable bonds is 4. The minimum atomic E-state index is -0.736. The number of hydrogen-bond donors (Lipinski definition) is 1. The standard InChI is InChI=1S/C9H9Cl2N3O/c10-6-1-2-7(8(11)5-6)9(15)3-4-13-14-12/h1-2,5,9,15H,3-4H2. The maximum Gasteiger partial charge on any atom is 0.0805 e. The summed E-state index contributed by atoms with van der Waals surface area (Å²) >= 11 is 11.6. The summed E-state index contributed by atoms with van der Waals surface area (Å²) in [6, 6.07) is 4.88. The maximum absolute atomic E-state index is 9.71. The van der Waals surface area contributed by atoms with E-state index in [-0.39, 0.29) is 6.54 Å². The van der Waals surface area contributed by atoms with E-state index in [4.69, 9.17) is 28.7 Å². The zero-order valence-electron chi connectivity index (χ0n) is 7.77. The zero-order chi connectivity index (χ0) is 11.3. The van der Waals surface area contributed by atoms with Crippen molar-refractivity contribution in [3.05, 3.63) is 44.3 Å². The predicted molar refractivity (Wildman–Crippen MR) is 60.1 cm³/mol. The van der Waals surface area contributed by atoms with Gasteiger partial charge in [0.25, 0.3) is 0 Å². The quantitative estimate of drug-likeness (QED) is 0.490. The predicted octanol–water partition coefficient (Wildman–Crippen LogP) is 3.73. The van der Waals surface area contributed by atoms with Crippen molar-refractivity contribution in [2.24, 2.45) is 5.11 Å². The first-order valence-corrected chi connectivity index (χ1v) is 5.04. The molecule has 15 heavy (non-hydrogen) atoms. The van der Waals surface area contributed by atoms with Crippen LogP contribution in [0.2, 0.25) is 10.0 Å². The molecule has 0 amide bonds. The molecule has 1 atom stereocenters. The Morgan fingerprint density at radius 2 is 2.20 bits per heavy atom. The van der Waals surface area contributed by atoms with Gasteiger partial charge in [0.2, 0.25) is 0 Å². The van der Waals surface area contributed by atoms with Gasteiger partial charge in [0.05, 0.1) is 6.10 Å². The molecule has 0 heterocycles. The molecule has 0 aliphatic carbocycles. The number of azide groups is 1. The van der Waals surface area contributed by atoms with Crippen molar-refractivity contribution in [2.45, 2.75) is 12.5 Å². The highest BCUT2D eigenvalue weighted by Gasteiger charge is 2.10. The average Bonchev–Trinajstić information content (AvgIpc) is 2.17. The molecule has 1 unspecified atom stereocenters. The molecule has 0 aliphatic heterocycles. The van der Waals surface area contributed by atoms with Crippen molar-refractivity contribution in [3.8, 4) is 0 Å². The van der Waals surface area contributed by atoms with E-state index in [1.807, 2.05) is 0 Å². The van der Waals surface area contributed by atoms with Gasteiger partial charge in [0, 0.05) is 21.5 Å². The van der Waals surface area contributed by atoms with Crippen molar-refractivity contribution < 1.29 is 5.11 Å². The van der Waals surface area contributed by atoms with Crippen molar-refractivity contribution in [2.75, 3.05) is 6.54 Å². The van der Waals surface area contributed by atoms with Crippen molar-refractivity contribution >= 4 is 23.2 Å². The minimum Gasteiger partial charge on any atom is -0.388 e. The largest absolute Gasteiger partial charge is 0.388 e. The summed E-state index contributed by atoms with van der Waals surface area (Å²) in [6.07, 6.45) is -0.397. The molecule has 1 N–H and O–H groups in total. The molecule has 0 spiro atoms. The van der Waals surface area contributed by atoms with Gasteiger partial charge < -0.3 is 5.11 Å². The smallest absolute Gasteiger partial charge is 0.0805 e. The molecule has 0 aromatic heterocycles. The van der Waals surface area contributed by atoms with E-state index in [1.54, 1.807) is 18.2 Å². The Bertz CT molecular complexity index is 391. The summed E-state index contributed by atoms with van der Waals surface area (Å²) in [5.74, 6) is 0. The summed E-state index contributed by atoms with van der Waals surface area (Å²) in [4.78, 5) is 2.60. The van der Waals surface area contributed by atoms with Crippen LogP contribution in [-0.4, -0.2) is 11.7 Å². The maximum atomic E-state index is 9.71. The molecule has 6 heteroatoms. The molecular weight excluding hydrogens is 237 g/mol. The summed E-state index contributed by atoms with van der Waals surface area (Å²) in [6.45, 7) is 0.233. The summed E-state index contributed by atoms with van der Waals surface area (Å²) in [5.41, 5.74) is 8.67. The van der Waals surface area contributed by atoms with Crippen LogP contribution < -0.4 is 0 Å². The summed E-state index contributed by atoms with van der Waals surface area (Å²) < 4.78 is 0. The lowest BCUT2D eigenvalue weighted by atomic mass is 10.1. The lowest BCUT2D eigenvalue weighted by Crippen LogP contribution is -1.99. The van der Waals surface area contributed by atoms with Crippen LogP contribution in [0.3, 0.4) is 0 Å². The van der Waals surface area contributed by atoms with Crippen LogP contribution >= 0.6 is 23.2 Å². The first-order valence-electron chi connectivity index (χ1n) is 4.29. The second-order valence-corrected chi connectivity index (χ2v) is 3.77. The fourth-order valence-electron chi connectivity index (χ4n) is 1.15. The fraction of sp³-hybridized carbons (Fsp3) is 0.333. The molecule has 0 radical (unpaired) electrons. The average molecular weight is 246 g/mol. The Hall–Kier alpha value is -0.930. The third-order valence-corrected chi connectivity index (χ3v) is 2.45. The SMILES string of the molecule is [N-]=[N+]=NCCC(O)c1ccc(Cl)cc1Cl. The van der Waals surface area contributed by atoms with Gasteiger partial charge in [-0.15, -0.1) is 0 Å². The van der Waals surface area contributed by atoms with Crippen molar-refractivity contribution in [3.63, 3.8) is 0 Å². The Morgan fingerprint density at radius 3 is 2.80 bits per heavy atom. The molecule has 1 rings (SSSR count). The second kappa shape index (κ2) is 5.83. The second-order valence-electron chi connectivity index (χ2n) is 2.92. The Kier molecular flexibility index (Phi) is 4.72. The molecule has 0 fully saturated rings. The molecule has 80 valence electrons. The first-order chi connectivity index (χ1) is 7.15. The Balaban J connectivity index is 2.72. The van der Waals surface area contributed by atoms with Gasteiger partial charge in [-0.05, 0) is 29.6 Å². The molecule has 1 aromatic carbocycles. The van der Waals surface area contributed by atoms with Crippen LogP contribution in [0.15, 0.2) is 23.3 Å². The zero-order valence-corrected chi connectivity index (χ0v) is 9.28. The van der Waals surface area contributed by atoms with Crippen LogP contribution in [0.1, 0.15) is 18.1 Å². The highest BCUT2D eigenvalue weighted by molar-refractivity contribution is 6.35. The van der Waals surface area contributed by atoms with E-state index in [9.17, 15) is 5.11 Å². The van der Waals surface area contributed by atoms with Gasteiger partial charge in [-0.1, -0.05) is 34.4 Å². The number of aliphatic hydroxyl groups is 1. The van der Waals surface area contributed by atoms with E-state index in [1.165, 1.54) is 0 Å². The summed E-state index contributed by atoms with van der Waals surface area (Å²) in [5, 5.41) is 14.0. The van der Waals surface area contributed by atoms with E-state index >= 15 is 0 Å². The van der Waals surface area contributed by atoms with Gasteiger partial charge in [-0.2, -0.15) is 0 Å². The van der Waals surface area contributed by atoms with Crippen LogP contribution in [0.4, 0.5) is 0 Å². The molecule has 0 saturated heterocycles. The van der Waals surface area contributed by atoms with Gasteiger partial charge in [-0.25, -0.2) is 0 Å². The number of hydrogen-bond acceptors (Lipinski definition) is 2. The van der Waals surface area contributed by atoms with E-state index in [0.29, 0.717) is 22.0 Å². The number of halogens is 2. The van der Waals surface area contributed by atoms with Gasteiger partial charge in [-0.3, -0.25) is 0 Å². The van der Waals surface area contributed by atoms with Gasteiger partial charge in [0.1, 0.15) is 0 Å². The highest BCUT2D eigenvalue weighted by atomic mass is 35.5. The van der Waals surface area contributed by atoms with Crippen LogP contribution in [0.25, 0.3) is 10.4 Å². The monoisotopic (exact) mass is 245 g/mol. The van der Waals surface area contributed by atoms with Gasteiger partial charge >= 0.3 is 0 Å². The van der Waals surface area contributed by atoms with Crippen molar-refractivity contribution in [1.29, 1.82) is 0 Å². The first kappa shape index (κ1) is 12.1. The normalized spacial score (nSPS) is 11.9. The minimum absolute atomic E-state index is 0.233. The Labute approximate surface area is 97.1 Å². The topological polar surface area (TPSA) is 69.0 Å². The Morgan fingerprint density at radius 1 is 1.47 bits per heavy atom. The third-order valence-electron chi connectivity index (χ3n) is 1.89. The number of aliphatic hydroxyl groups excluding tert-OH is 1. The van der Waals surface area contributed by atoms with E-state index in [2.05, 4.69) is 10.0 Å². The molecule has 1 aromatic rings. The van der Waals surface area contributed by atoms with Crippen LogP contribution in [0.5, 0.6) is 0 Å². The summed E-state index contributed by atoms with van der Waals surface area (Å²) in [7, 11) is 0. The van der Waals surface area contributed by atoms with Gasteiger partial charge in [0.15, 0.2) is 0 Å². The van der Waals surface area contributed by atoms with Crippen LogP contribution in [0, 0.1) is 0 Å². The van der Waals surface area contributed by atoms with Crippen LogP contribution in [-0.2, 0) is 0 Å². The molecule has 0 bridgehead atoms. The molecule has 0 saturated carbocycles. The number of nitrogens with zero attached hydrogens (tertiary/aromatic N) is 3. The van der Waals surface area contributed by atoms with E-state index < -0.39 is 6.10 Å². The number of benzene rings is 1. The third kappa shape index (κ3) is 3.61. The van der Waals surface area contributed by atoms with Crippen molar-refractivity contribution in [1.82, 2.24) is 0 Å². The lowest BCUT2D eigenvalue weighted by Gasteiger charge is -2.11. The van der Waals surface area contributed by atoms with E-state index in [0.717, 1.165) is 0 Å².